The highest BCUT2D eigenvalue weighted by atomic mass is 16.5. The van der Waals surface area contributed by atoms with Crippen LogP contribution in [0.4, 0.5) is 0 Å². The lowest BCUT2D eigenvalue weighted by atomic mass is 10.1. The van der Waals surface area contributed by atoms with E-state index in [1.165, 1.54) is 0 Å². The molecule has 1 fully saturated rings. The molecular weight excluding hydrogens is 192 g/mol. The molecule has 0 aromatic rings. The van der Waals surface area contributed by atoms with Gasteiger partial charge in [-0.05, 0) is 33.1 Å². The number of hydrogen-bond acceptors (Lipinski definition) is 3. The predicted molar refractivity (Wildman–Crippen MR) is 59.5 cm³/mol. The van der Waals surface area contributed by atoms with E-state index in [-0.39, 0.29) is 11.4 Å². The summed E-state index contributed by atoms with van der Waals surface area (Å²) in [5.74, 6) is 0.0732. The molecule has 1 amide bonds. The zero-order valence-corrected chi connectivity index (χ0v) is 9.71. The van der Waals surface area contributed by atoms with E-state index in [4.69, 9.17) is 10.5 Å². The summed E-state index contributed by atoms with van der Waals surface area (Å²) in [5, 5.41) is 2.83. The Morgan fingerprint density at radius 2 is 2.33 bits per heavy atom. The number of amides is 1. The molecule has 0 aliphatic carbocycles. The maximum atomic E-state index is 11.4. The lowest BCUT2D eigenvalue weighted by Gasteiger charge is -2.19. The summed E-state index contributed by atoms with van der Waals surface area (Å²) in [5.41, 5.74) is 5.43. The number of nitrogens with two attached hydrogens (primary N) is 1. The van der Waals surface area contributed by atoms with Crippen LogP contribution in [0.25, 0.3) is 0 Å². The largest absolute Gasteiger partial charge is 0.378 e. The van der Waals surface area contributed by atoms with Gasteiger partial charge in [0.2, 0.25) is 5.91 Å². The van der Waals surface area contributed by atoms with Gasteiger partial charge < -0.3 is 15.8 Å². The van der Waals surface area contributed by atoms with E-state index in [1.54, 1.807) is 0 Å². The van der Waals surface area contributed by atoms with Crippen molar-refractivity contribution in [2.45, 2.75) is 51.2 Å². The Morgan fingerprint density at radius 3 is 2.87 bits per heavy atom. The molecular formula is C11H22N2O2. The maximum Gasteiger partial charge on any atom is 0.220 e. The fourth-order valence-electron chi connectivity index (χ4n) is 1.58. The number of ether oxygens (including phenoxy) is 1. The monoisotopic (exact) mass is 214 g/mol. The average molecular weight is 214 g/mol. The van der Waals surface area contributed by atoms with Crippen molar-refractivity contribution < 1.29 is 9.53 Å². The zero-order chi connectivity index (χ0) is 11.3. The molecule has 1 rings (SSSR count). The summed E-state index contributed by atoms with van der Waals surface area (Å²) in [4.78, 5) is 11.4. The van der Waals surface area contributed by atoms with Crippen LogP contribution in [-0.2, 0) is 9.53 Å². The first-order chi connectivity index (χ1) is 6.97. The molecule has 1 unspecified atom stereocenters. The molecule has 3 N–H and O–H groups in total. The van der Waals surface area contributed by atoms with Crippen LogP contribution in [0.2, 0.25) is 0 Å². The van der Waals surface area contributed by atoms with E-state index in [9.17, 15) is 4.79 Å². The normalized spacial score (nSPS) is 21.7. The van der Waals surface area contributed by atoms with Crippen molar-refractivity contribution in [1.82, 2.24) is 5.32 Å². The molecule has 1 atom stereocenters. The number of nitrogens with one attached hydrogen (secondary N) is 1. The van der Waals surface area contributed by atoms with Crippen LogP contribution < -0.4 is 11.1 Å². The van der Waals surface area contributed by atoms with Gasteiger partial charge in [-0.1, -0.05) is 0 Å². The third kappa shape index (κ3) is 5.74. The van der Waals surface area contributed by atoms with E-state index in [1.807, 2.05) is 13.8 Å². The van der Waals surface area contributed by atoms with Crippen LogP contribution in [0.15, 0.2) is 0 Å². The van der Waals surface area contributed by atoms with Crippen molar-refractivity contribution in [2.24, 2.45) is 5.73 Å². The van der Waals surface area contributed by atoms with Crippen molar-refractivity contribution in [3.8, 4) is 0 Å². The molecule has 0 aromatic carbocycles. The third-order valence-electron chi connectivity index (χ3n) is 2.46. The second-order valence-electron chi connectivity index (χ2n) is 4.94. The van der Waals surface area contributed by atoms with Crippen LogP contribution in [0.1, 0.15) is 39.5 Å². The number of rotatable bonds is 5. The quantitative estimate of drug-likeness (QED) is 0.711. The molecule has 15 heavy (non-hydrogen) atoms. The van der Waals surface area contributed by atoms with Gasteiger partial charge in [0.15, 0.2) is 0 Å². The predicted octanol–water partition coefficient (Wildman–Crippen LogP) is 0.799. The van der Waals surface area contributed by atoms with Crippen LogP contribution in [-0.4, -0.2) is 30.7 Å². The maximum absolute atomic E-state index is 11.4. The summed E-state index contributed by atoms with van der Waals surface area (Å²) in [7, 11) is 0. The van der Waals surface area contributed by atoms with E-state index in [0.29, 0.717) is 19.1 Å². The van der Waals surface area contributed by atoms with Gasteiger partial charge in [-0.15, -0.1) is 0 Å². The molecule has 88 valence electrons. The highest BCUT2D eigenvalue weighted by Gasteiger charge is 2.17. The molecule has 4 nitrogen and oxygen atoms in total. The standard InChI is InChI=1S/C11H22N2O2/c1-11(2,12)8-13-10(14)6-5-9-4-3-7-15-9/h9H,3-8,12H2,1-2H3,(H,13,14). The first-order valence-electron chi connectivity index (χ1n) is 5.64. The number of carbonyl (C=O) groups is 1. The van der Waals surface area contributed by atoms with Crippen molar-refractivity contribution >= 4 is 5.91 Å². The Bertz CT molecular complexity index is 205. The summed E-state index contributed by atoms with van der Waals surface area (Å²) >= 11 is 0. The van der Waals surface area contributed by atoms with E-state index < -0.39 is 0 Å². The molecule has 0 aromatic heterocycles. The Kier molecular flexibility index (Phi) is 4.54. The van der Waals surface area contributed by atoms with Gasteiger partial charge in [-0.3, -0.25) is 4.79 Å². The summed E-state index contributed by atoms with van der Waals surface area (Å²) < 4.78 is 5.44. The highest BCUT2D eigenvalue weighted by Crippen LogP contribution is 2.16. The van der Waals surface area contributed by atoms with Crippen LogP contribution in [0.3, 0.4) is 0 Å². The van der Waals surface area contributed by atoms with E-state index in [0.717, 1.165) is 25.9 Å². The minimum Gasteiger partial charge on any atom is -0.378 e. The highest BCUT2D eigenvalue weighted by molar-refractivity contribution is 5.75. The third-order valence-corrected chi connectivity index (χ3v) is 2.46. The molecule has 1 aliphatic rings. The van der Waals surface area contributed by atoms with Gasteiger partial charge in [0.1, 0.15) is 0 Å². The van der Waals surface area contributed by atoms with Crippen LogP contribution in [0, 0.1) is 0 Å². The second-order valence-corrected chi connectivity index (χ2v) is 4.94. The Labute approximate surface area is 91.5 Å². The molecule has 0 spiro atoms. The SMILES string of the molecule is CC(C)(N)CNC(=O)CCC1CCCO1. The molecule has 1 saturated heterocycles. The smallest absolute Gasteiger partial charge is 0.220 e. The first kappa shape index (κ1) is 12.5. The minimum absolute atomic E-state index is 0.0732. The number of hydrogen-bond donors (Lipinski definition) is 2. The van der Waals surface area contributed by atoms with Crippen molar-refractivity contribution in [3.05, 3.63) is 0 Å². The molecule has 4 heteroatoms. The second kappa shape index (κ2) is 5.47. The Balaban J connectivity index is 2.08. The van der Waals surface area contributed by atoms with Crippen molar-refractivity contribution in [3.63, 3.8) is 0 Å². The summed E-state index contributed by atoms with van der Waals surface area (Å²) in [6, 6.07) is 0. The van der Waals surface area contributed by atoms with Gasteiger partial charge >= 0.3 is 0 Å². The average Bonchev–Trinajstić information content (AvgIpc) is 2.62. The lowest BCUT2D eigenvalue weighted by Crippen LogP contribution is -2.45. The minimum atomic E-state index is -0.334. The van der Waals surface area contributed by atoms with Crippen LogP contribution >= 0.6 is 0 Å². The Hall–Kier alpha value is -0.610. The van der Waals surface area contributed by atoms with Gasteiger partial charge in [-0.2, -0.15) is 0 Å². The zero-order valence-electron chi connectivity index (χ0n) is 9.71. The molecule has 1 heterocycles. The van der Waals surface area contributed by atoms with Crippen molar-refractivity contribution in [1.29, 1.82) is 0 Å². The van der Waals surface area contributed by atoms with Gasteiger partial charge in [0, 0.05) is 25.1 Å². The Morgan fingerprint density at radius 1 is 1.60 bits per heavy atom. The molecule has 0 radical (unpaired) electrons. The summed E-state index contributed by atoms with van der Waals surface area (Å²) in [6.45, 7) is 5.17. The lowest BCUT2D eigenvalue weighted by molar-refractivity contribution is -0.121. The first-order valence-corrected chi connectivity index (χ1v) is 5.64. The van der Waals surface area contributed by atoms with Gasteiger partial charge in [0.05, 0.1) is 6.10 Å². The summed E-state index contributed by atoms with van der Waals surface area (Å²) in [6.07, 6.45) is 3.89. The van der Waals surface area contributed by atoms with E-state index in [2.05, 4.69) is 5.32 Å². The van der Waals surface area contributed by atoms with Gasteiger partial charge in [0.25, 0.3) is 0 Å². The van der Waals surface area contributed by atoms with Crippen LogP contribution in [0.5, 0.6) is 0 Å². The van der Waals surface area contributed by atoms with Gasteiger partial charge in [-0.25, -0.2) is 0 Å². The number of carbonyl (C=O) groups excluding carboxylic acids is 1. The van der Waals surface area contributed by atoms with Crippen molar-refractivity contribution in [2.75, 3.05) is 13.2 Å². The fraction of sp³-hybridized carbons (Fsp3) is 0.909. The topological polar surface area (TPSA) is 64.3 Å². The molecule has 0 bridgehead atoms. The molecule has 1 aliphatic heterocycles. The fourth-order valence-corrected chi connectivity index (χ4v) is 1.58. The van der Waals surface area contributed by atoms with E-state index >= 15 is 0 Å². The molecule has 0 saturated carbocycles.